The number of carbonyl (C=O) groups excluding carboxylic acids is 2. The molecule has 2 amide bonds. The van der Waals surface area contributed by atoms with Gasteiger partial charge in [-0.1, -0.05) is 18.2 Å². The molecule has 194 valence electrons. The molecule has 1 aliphatic heterocycles. The first-order valence-electron chi connectivity index (χ1n) is 10.4. The number of hydrogen-bond donors (Lipinski definition) is 4. The van der Waals surface area contributed by atoms with Crippen molar-refractivity contribution < 1.29 is 31.2 Å². The fourth-order valence-electron chi connectivity index (χ4n) is 3.97. The van der Waals surface area contributed by atoms with Gasteiger partial charge in [-0.05, 0) is 42.8 Å². The van der Waals surface area contributed by atoms with Crippen LogP contribution >= 0.6 is 0 Å². The quantitative estimate of drug-likeness (QED) is 0.386. The summed E-state index contributed by atoms with van der Waals surface area (Å²) in [5.41, 5.74) is -7.53. The monoisotopic (exact) mass is 537 g/mol. The molecule has 1 atom stereocenters. The Hall–Kier alpha value is -4.24. The second-order valence-electron chi connectivity index (χ2n) is 8.12. The van der Waals surface area contributed by atoms with E-state index in [2.05, 4.69) is 5.32 Å². The third-order valence-corrected chi connectivity index (χ3v) is 7.08. The van der Waals surface area contributed by atoms with E-state index >= 15 is 0 Å². The van der Waals surface area contributed by atoms with E-state index in [1.807, 2.05) is 5.32 Å². The summed E-state index contributed by atoms with van der Waals surface area (Å²) in [4.78, 5) is 50.6. The molecule has 15 heteroatoms. The van der Waals surface area contributed by atoms with E-state index in [9.17, 15) is 40.8 Å². The second-order valence-corrected chi connectivity index (χ2v) is 9.80. The number of amides is 2. The highest BCUT2D eigenvalue weighted by atomic mass is 32.2. The number of aromatic amines is 1. The number of para-hydroxylation sites is 1. The Balaban J connectivity index is 1.94. The third kappa shape index (κ3) is 4.21. The molecule has 2 heterocycles. The van der Waals surface area contributed by atoms with Gasteiger partial charge >= 0.3 is 11.9 Å². The van der Waals surface area contributed by atoms with Gasteiger partial charge in [-0.15, -0.1) is 0 Å². The van der Waals surface area contributed by atoms with E-state index in [0.29, 0.717) is 10.1 Å². The van der Waals surface area contributed by atoms with Gasteiger partial charge in [-0.25, -0.2) is 17.8 Å². The molecule has 0 saturated heterocycles. The van der Waals surface area contributed by atoms with Gasteiger partial charge in [0.15, 0.2) is 0 Å². The van der Waals surface area contributed by atoms with Crippen molar-refractivity contribution in [2.75, 3.05) is 10.6 Å². The average molecular weight is 537 g/mol. The van der Waals surface area contributed by atoms with Crippen LogP contribution in [0.3, 0.4) is 0 Å². The highest BCUT2D eigenvalue weighted by molar-refractivity contribution is 7.89. The summed E-state index contributed by atoms with van der Waals surface area (Å²) in [6.07, 6.45) is -5.66. The van der Waals surface area contributed by atoms with E-state index in [4.69, 9.17) is 0 Å². The average Bonchev–Trinajstić information content (AvgIpc) is 3.07. The van der Waals surface area contributed by atoms with Crippen LogP contribution in [0.4, 0.5) is 24.7 Å². The molecule has 0 fully saturated rings. The number of fused-ring (bicyclic) bond motifs is 1. The Morgan fingerprint density at radius 2 is 1.65 bits per heavy atom. The first-order valence-corrected chi connectivity index (χ1v) is 11.9. The number of aryl methyl sites for hydroxylation is 1. The van der Waals surface area contributed by atoms with E-state index in [0.717, 1.165) is 24.3 Å². The standard InChI is InChI=1S/C22H18F3N5O6S/c1-11-5-3-4-6-15(11)30-17-16(18(32)28-20(30)34)21(19(33)27-17,22(23,24)25)29-37(35,36)14-9-7-13(8-10-14)26-12(2)31/h3-10,29H,1-2H3,(H,26,31)(H,27,33)(H,28,32,34)/t21-/m1/s1. The molecule has 4 rings (SSSR count). The third-order valence-electron chi connectivity index (χ3n) is 5.61. The summed E-state index contributed by atoms with van der Waals surface area (Å²) in [7, 11) is -5.10. The molecule has 2 aromatic carbocycles. The normalized spacial score (nSPS) is 17.3. The van der Waals surface area contributed by atoms with Crippen LogP contribution < -0.4 is 26.6 Å². The molecule has 1 aromatic heterocycles. The maximum Gasteiger partial charge on any atom is 0.421 e. The number of H-pyrrole nitrogens is 1. The molecular weight excluding hydrogens is 519 g/mol. The van der Waals surface area contributed by atoms with E-state index in [1.165, 1.54) is 23.8 Å². The summed E-state index contributed by atoms with van der Waals surface area (Å²) in [6.45, 7) is 2.74. The smallest absolute Gasteiger partial charge is 0.326 e. The van der Waals surface area contributed by atoms with Gasteiger partial charge in [-0.2, -0.15) is 17.9 Å². The number of aromatic nitrogens is 2. The Morgan fingerprint density at radius 3 is 2.22 bits per heavy atom. The number of anilines is 2. The summed E-state index contributed by atoms with van der Waals surface area (Å²) in [5, 5.41) is 4.26. The number of halogens is 3. The van der Waals surface area contributed by atoms with Gasteiger partial charge < -0.3 is 10.6 Å². The molecule has 4 N–H and O–H groups in total. The van der Waals surface area contributed by atoms with Gasteiger partial charge in [0.25, 0.3) is 11.5 Å². The molecule has 0 bridgehead atoms. The molecule has 3 aromatic rings. The molecule has 0 spiro atoms. The van der Waals surface area contributed by atoms with Crippen LogP contribution in [0.25, 0.3) is 5.69 Å². The largest absolute Gasteiger partial charge is 0.421 e. The summed E-state index contributed by atoms with van der Waals surface area (Å²) in [5.74, 6) is -3.22. The van der Waals surface area contributed by atoms with Crippen molar-refractivity contribution in [2.45, 2.75) is 30.5 Å². The maximum atomic E-state index is 14.6. The number of benzene rings is 2. The minimum atomic E-state index is -5.66. The predicted octanol–water partition coefficient (Wildman–Crippen LogP) is 1.48. The van der Waals surface area contributed by atoms with Crippen LogP contribution in [0.1, 0.15) is 18.1 Å². The van der Waals surface area contributed by atoms with E-state index in [1.54, 1.807) is 24.0 Å². The molecule has 0 unspecified atom stereocenters. The molecule has 0 aliphatic carbocycles. The summed E-state index contributed by atoms with van der Waals surface area (Å²) >= 11 is 0. The zero-order valence-corrected chi connectivity index (χ0v) is 19.9. The number of hydrogen-bond acceptors (Lipinski definition) is 6. The highest BCUT2D eigenvalue weighted by Crippen LogP contribution is 2.46. The Labute approximate surface area is 206 Å². The van der Waals surface area contributed by atoms with Crippen LogP contribution in [0.15, 0.2) is 63.0 Å². The molecule has 0 saturated carbocycles. The lowest BCUT2D eigenvalue weighted by Crippen LogP contribution is -2.61. The van der Waals surface area contributed by atoms with Crippen molar-refractivity contribution in [1.29, 1.82) is 0 Å². The zero-order chi connectivity index (χ0) is 27.3. The SMILES string of the molecule is CC(=O)Nc1ccc(S(=O)(=O)N[C@@]2(C(F)(F)F)C(=O)Nc3c2c(=O)[nH]c(=O)n3-c2ccccc2C)cc1. The zero-order valence-electron chi connectivity index (χ0n) is 19.1. The first-order chi connectivity index (χ1) is 17.2. The van der Waals surface area contributed by atoms with Gasteiger partial charge in [-0.3, -0.25) is 19.4 Å². The van der Waals surface area contributed by atoms with Gasteiger partial charge in [0.05, 0.1) is 16.1 Å². The lowest BCUT2D eigenvalue weighted by molar-refractivity contribution is -0.194. The topological polar surface area (TPSA) is 159 Å². The number of carbonyl (C=O) groups is 2. The van der Waals surface area contributed by atoms with Crippen LogP contribution in [-0.2, 0) is 25.2 Å². The van der Waals surface area contributed by atoms with Crippen molar-refractivity contribution >= 4 is 33.3 Å². The van der Waals surface area contributed by atoms with Gasteiger partial charge in [0.1, 0.15) is 5.82 Å². The fourth-order valence-corrected chi connectivity index (χ4v) is 5.29. The van der Waals surface area contributed by atoms with Crippen LogP contribution in [0, 0.1) is 6.92 Å². The van der Waals surface area contributed by atoms with E-state index in [-0.39, 0.29) is 11.4 Å². The maximum absolute atomic E-state index is 14.6. The van der Waals surface area contributed by atoms with Crippen molar-refractivity contribution in [2.24, 2.45) is 0 Å². The minimum absolute atomic E-state index is 0.0506. The number of sulfonamides is 1. The van der Waals surface area contributed by atoms with Crippen LogP contribution in [-0.4, -0.2) is 36.0 Å². The molecule has 1 aliphatic rings. The lowest BCUT2D eigenvalue weighted by atomic mass is 9.93. The predicted molar refractivity (Wildman–Crippen MR) is 125 cm³/mol. The summed E-state index contributed by atoms with van der Waals surface area (Å²) in [6, 6.07) is 10.1. The highest BCUT2D eigenvalue weighted by Gasteiger charge is 2.69. The van der Waals surface area contributed by atoms with Crippen molar-refractivity contribution in [3.8, 4) is 5.69 Å². The van der Waals surface area contributed by atoms with Crippen molar-refractivity contribution in [3.63, 3.8) is 0 Å². The van der Waals surface area contributed by atoms with E-state index < -0.39 is 61.1 Å². The minimum Gasteiger partial charge on any atom is -0.326 e. The second kappa shape index (κ2) is 8.70. The molecular formula is C22H18F3N5O6S. The Bertz CT molecular complexity index is 1660. The number of rotatable bonds is 5. The number of nitrogens with zero attached hydrogens (tertiary/aromatic N) is 1. The number of nitrogens with one attached hydrogen (secondary N) is 4. The van der Waals surface area contributed by atoms with Crippen LogP contribution in [0.2, 0.25) is 0 Å². The molecule has 37 heavy (non-hydrogen) atoms. The lowest BCUT2D eigenvalue weighted by Gasteiger charge is -2.29. The number of alkyl halides is 3. The summed E-state index contributed by atoms with van der Waals surface area (Å²) < 4.78 is 72.0. The van der Waals surface area contributed by atoms with Gasteiger partial charge in [0.2, 0.25) is 21.5 Å². The Morgan fingerprint density at radius 1 is 1.03 bits per heavy atom. The van der Waals surface area contributed by atoms with Crippen molar-refractivity contribution in [1.82, 2.24) is 14.3 Å². The molecule has 11 nitrogen and oxygen atoms in total. The van der Waals surface area contributed by atoms with Crippen LogP contribution in [0.5, 0.6) is 0 Å². The molecule has 0 radical (unpaired) electrons. The fraction of sp³-hybridized carbons (Fsp3) is 0.182. The Kier molecular flexibility index (Phi) is 6.08. The first kappa shape index (κ1) is 25.8. The van der Waals surface area contributed by atoms with Crippen molar-refractivity contribution in [3.05, 3.63) is 80.5 Å². The van der Waals surface area contributed by atoms with Gasteiger partial charge in [0, 0.05) is 12.6 Å².